The molecule has 0 radical (unpaired) electrons. The van der Waals surface area contributed by atoms with Crippen LogP contribution in [-0.2, 0) is 14.4 Å². The van der Waals surface area contributed by atoms with E-state index in [9.17, 15) is 19.2 Å². The Bertz CT molecular complexity index is 478. The number of carboxylic acids is 1. The van der Waals surface area contributed by atoms with E-state index in [0.717, 1.165) is 0 Å². The Morgan fingerprint density at radius 1 is 1.16 bits per heavy atom. The fraction of sp³-hybridized carbons (Fsp3) is 0.286. The van der Waals surface area contributed by atoms with Gasteiger partial charge in [-0.05, 0) is 6.42 Å². The van der Waals surface area contributed by atoms with Gasteiger partial charge >= 0.3 is 5.97 Å². The Morgan fingerprint density at radius 3 is 2.32 bits per heavy atom. The average Bonchev–Trinajstić information content (AvgIpc) is 2.39. The topological polar surface area (TPSA) is 88.5 Å². The Balaban J connectivity index is 2.83. The number of aldehydes is 1. The summed E-state index contributed by atoms with van der Waals surface area (Å²) in [4.78, 5) is 45.0. The molecule has 0 spiro atoms. The number of ketones is 2. The zero-order valence-electron chi connectivity index (χ0n) is 10.2. The molecular weight excluding hydrogens is 248 g/mol. The van der Waals surface area contributed by atoms with Gasteiger partial charge in [0.25, 0.3) is 0 Å². The van der Waals surface area contributed by atoms with Crippen molar-refractivity contribution in [3.8, 4) is 0 Å². The molecule has 1 aromatic rings. The molecule has 0 fully saturated rings. The van der Waals surface area contributed by atoms with Gasteiger partial charge in [-0.2, -0.15) is 0 Å². The minimum atomic E-state index is -1.69. The van der Waals surface area contributed by atoms with Gasteiger partial charge < -0.3 is 9.90 Å². The molecular formula is C14H14O5. The van der Waals surface area contributed by atoms with Crippen LogP contribution in [0.2, 0.25) is 0 Å². The molecule has 0 bridgehead atoms. The molecule has 0 saturated carbocycles. The predicted molar refractivity (Wildman–Crippen MR) is 66.8 cm³/mol. The molecule has 1 unspecified atom stereocenters. The third kappa shape index (κ3) is 4.13. The summed E-state index contributed by atoms with van der Waals surface area (Å²) in [7, 11) is 0. The van der Waals surface area contributed by atoms with E-state index in [1.165, 1.54) is 12.1 Å². The third-order valence-electron chi connectivity index (χ3n) is 2.63. The maximum absolute atomic E-state index is 12.0. The van der Waals surface area contributed by atoms with Crippen molar-refractivity contribution in [3.63, 3.8) is 0 Å². The van der Waals surface area contributed by atoms with Gasteiger partial charge in [0.1, 0.15) is 6.29 Å². The normalized spacial score (nSPS) is 11.6. The van der Waals surface area contributed by atoms with Crippen molar-refractivity contribution >= 4 is 23.8 Å². The van der Waals surface area contributed by atoms with E-state index in [2.05, 4.69) is 0 Å². The van der Waals surface area contributed by atoms with E-state index >= 15 is 0 Å². The van der Waals surface area contributed by atoms with Crippen LogP contribution in [0, 0.1) is 5.92 Å². The van der Waals surface area contributed by atoms with Crippen molar-refractivity contribution < 1.29 is 24.3 Å². The van der Waals surface area contributed by atoms with Gasteiger partial charge in [0.15, 0.2) is 17.5 Å². The Kier molecular flexibility index (Phi) is 5.60. The van der Waals surface area contributed by atoms with E-state index in [0.29, 0.717) is 6.29 Å². The number of benzene rings is 1. The summed E-state index contributed by atoms with van der Waals surface area (Å²) in [5.74, 6) is -4.52. The molecule has 5 heteroatoms. The van der Waals surface area contributed by atoms with E-state index in [1.54, 1.807) is 18.2 Å². The lowest BCUT2D eigenvalue weighted by Gasteiger charge is -2.09. The van der Waals surface area contributed by atoms with Crippen LogP contribution >= 0.6 is 0 Å². The quantitative estimate of drug-likeness (QED) is 0.332. The van der Waals surface area contributed by atoms with Gasteiger partial charge in [-0.25, -0.2) is 0 Å². The van der Waals surface area contributed by atoms with E-state index in [1.807, 2.05) is 0 Å². The van der Waals surface area contributed by atoms with Gasteiger partial charge in [-0.3, -0.25) is 14.4 Å². The molecule has 1 aromatic carbocycles. The van der Waals surface area contributed by atoms with Crippen LogP contribution in [0.15, 0.2) is 30.3 Å². The smallest absolute Gasteiger partial charge is 0.322 e. The molecule has 0 aliphatic carbocycles. The number of carbonyl (C=O) groups excluding carboxylic acids is 3. The van der Waals surface area contributed by atoms with Crippen molar-refractivity contribution in [2.75, 3.05) is 0 Å². The van der Waals surface area contributed by atoms with Crippen LogP contribution in [0.25, 0.3) is 0 Å². The number of aliphatic carboxylic acids is 1. The van der Waals surface area contributed by atoms with Gasteiger partial charge in [0.05, 0.1) is 0 Å². The largest absolute Gasteiger partial charge is 0.480 e. The van der Waals surface area contributed by atoms with Crippen molar-refractivity contribution in [1.29, 1.82) is 0 Å². The lowest BCUT2D eigenvalue weighted by molar-refractivity contribution is -0.144. The highest BCUT2D eigenvalue weighted by Gasteiger charge is 2.33. The molecule has 0 aliphatic heterocycles. The van der Waals surface area contributed by atoms with Crippen LogP contribution in [0.1, 0.15) is 29.6 Å². The second kappa shape index (κ2) is 7.20. The molecule has 0 heterocycles. The molecule has 100 valence electrons. The standard InChI is InChI=1S/C14H14O5/c15-9-5-4-8-11(16)12(14(18)19)13(17)10-6-2-1-3-7-10/h1-3,6-7,9,12H,4-5,8H2,(H,18,19). The highest BCUT2D eigenvalue weighted by atomic mass is 16.4. The van der Waals surface area contributed by atoms with Crippen LogP contribution in [-0.4, -0.2) is 28.9 Å². The molecule has 0 amide bonds. The first-order valence-electron chi connectivity index (χ1n) is 5.86. The summed E-state index contributed by atoms with van der Waals surface area (Å²) >= 11 is 0. The van der Waals surface area contributed by atoms with Gasteiger partial charge in [0.2, 0.25) is 0 Å². The average molecular weight is 262 g/mol. The van der Waals surface area contributed by atoms with Gasteiger partial charge in [0, 0.05) is 18.4 Å². The van der Waals surface area contributed by atoms with Crippen LogP contribution in [0.4, 0.5) is 0 Å². The lowest BCUT2D eigenvalue weighted by atomic mass is 9.91. The summed E-state index contributed by atoms with van der Waals surface area (Å²) in [6.07, 6.45) is 1.00. The second-order valence-electron chi connectivity index (χ2n) is 4.03. The predicted octanol–water partition coefficient (Wildman–Crippen LogP) is 1.51. The van der Waals surface area contributed by atoms with Crippen molar-refractivity contribution in [1.82, 2.24) is 0 Å². The number of unbranched alkanes of at least 4 members (excludes halogenated alkanes) is 1. The zero-order valence-corrected chi connectivity index (χ0v) is 10.2. The highest BCUT2D eigenvalue weighted by Crippen LogP contribution is 2.13. The van der Waals surface area contributed by atoms with E-state index in [4.69, 9.17) is 5.11 Å². The Labute approximate surface area is 110 Å². The monoisotopic (exact) mass is 262 g/mol. The molecule has 0 saturated heterocycles. The summed E-state index contributed by atoms with van der Waals surface area (Å²) in [6.45, 7) is 0. The third-order valence-corrected chi connectivity index (χ3v) is 2.63. The molecule has 5 nitrogen and oxygen atoms in total. The fourth-order valence-corrected chi connectivity index (χ4v) is 1.67. The number of hydrogen-bond donors (Lipinski definition) is 1. The minimum Gasteiger partial charge on any atom is -0.480 e. The Morgan fingerprint density at radius 2 is 1.79 bits per heavy atom. The van der Waals surface area contributed by atoms with E-state index < -0.39 is 23.5 Å². The van der Waals surface area contributed by atoms with Crippen molar-refractivity contribution in [2.45, 2.75) is 19.3 Å². The number of carboxylic acid groups (broad SMARTS) is 1. The van der Waals surface area contributed by atoms with Crippen molar-refractivity contribution in [3.05, 3.63) is 35.9 Å². The first-order chi connectivity index (χ1) is 9.07. The lowest BCUT2D eigenvalue weighted by Crippen LogP contribution is -2.31. The molecule has 1 rings (SSSR count). The van der Waals surface area contributed by atoms with Crippen LogP contribution < -0.4 is 0 Å². The summed E-state index contributed by atoms with van der Waals surface area (Å²) in [5, 5.41) is 9.02. The summed E-state index contributed by atoms with van der Waals surface area (Å²) < 4.78 is 0. The first-order valence-corrected chi connectivity index (χ1v) is 5.86. The number of hydrogen-bond acceptors (Lipinski definition) is 4. The highest BCUT2D eigenvalue weighted by molar-refractivity contribution is 6.22. The number of rotatable bonds is 8. The van der Waals surface area contributed by atoms with Crippen molar-refractivity contribution in [2.24, 2.45) is 5.92 Å². The van der Waals surface area contributed by atoms with Gasteiger partial charge in [-0.1, -0.05) is 30.3 Å². The molecule has 0 aliphatic rings. The van der Waals surface area contributed by atoms with Gasteiger partial charge in [-0.15, -0.1) is 0 Å². The maximum Gasteiger partial charge on any atom is 0.322 e. The zero-order chi connectivity index (χ0) is 14.3. The molecule has 1 atom stereocenters. The molecule has 1 N–H and O–H groups in total. The maximum atomic E-state index is 12.0. The second-order valence-corrected chi connectivity index (χ2v) is 4.03. The van der Waals surface area contributed by atoms with E-state index in [-0.39, 0.29) is 24.8 Å². The summed E-state index contributed by atoms with van der Waals surface area (Å²) in [6, 6.07) is 7.83. The van der Waals surface area contributed by atoms with Crippen LogP contribution in [0.5, 0.6) is 0 Å². The first kappa shape index (κ1) is 14.8. The summed E-state index contributed by atoms with van der Waals surface area (Å²) in [5.41, 5.74) is 0.193. The number of Topliss-reactive ketones (excluding diaryl/α,β-unsaturated/α-hetero) is 2. The fourth-order valence-electron chi connectivity index (χ4n) is 1.67. The van der Waals surface area contributed by atoms with Crippen LogP contribution in [0.3, 0.4) is 0 Å². The SMILES string of the molecule is O=CCCCC(=O)C(C(=O)O)C(=O)c1ccccc1. The molecule has 0 aromatic heterocycles. The molecule has 19 heavy (non-hydrogen) atoms. The Hall–Kier alpha value is -2.30. The number of carbonyl (C=O) groups is 4. The minimum absolute atomic E-state index is 0.0890.